The Hall–Kier alpha value is -2.37. The third-order valence-corrected chi connectivity index (χ3v) is 5.66. The molecule has 1 saturated heterocycles. The molecule has 140 valence electrons. The summed E-state index contributed by atoms with van der Waals surface area (Å²) in [5, 5.41) is 5.63. The SMILES string of the molecule is CC(C)c1ccc(NC(=O)CN2C(=O)NC3(CCCCC3C)C2=O)cc1. The molecule has 4 amide bonds. The third-order valence-electron chi connectivity index (χ3n) is 5.66. The second kappa shape index (κ2) is 7.09. The first-order valence-corrected chi connectivity index (χ1v) is 9.37. The number of carbonyl (C=O) groups excluding carboxylic acids is 3. The highest BCUT2D eigenvalue weighted by Crippen LogP contribution is 2.38. The number of amides is 4. The van der Waals surface area contributed by atoms with E-state index in [-0.39, 0.29) is 24.3 Å². The summed E-state index contributed by atoms with van der Waals surface area (Å²) in [5.41, 5.74) is 1.02. The molecule has 2 atom stereocenters. The van der Waals surface area contributed by atoms with Gasteiger partial charge in [0.25, 0.3) is 5.91 Å². The minimum absolute atomic E-state index is 0.0874. The van der Waals surface area contributed by atoms with Crippen molar-refractivity contribution in [2.75, 3.05) is 11.9 Å². The molecular weight excluding hydrogens is 330 g/mol. The van der Waals surface area contributed by atoms with E-state index in [2.05, 4.69) is 24.5 Å². The molecule has 6 heteroatoms. The molecule has 1 aliphatic heterocycles. The predicted molar refractivity (Wildman–Crippen MR) is 99.8 cm³/mol. The Balaban J connectivity index is 1.65. The number of hydrogen-bond acceptors (Lipinski definition) is 3. The number of urea groups is 1. The number of benzene rings is 1. The van der Waals surface area contributed by atoms with Gasteiger partial charge >= 0.3 is 6.03 Å². The highest BCUT2D eigenvalue weighted by Gasteiger charge is 2.55. The fourth-order valence-electron chi connectivity index (χ4n) is 3.93. The predicted octanol–water partition coefficient (Wildman–Crippen LogP) is 3.25. The summed E-state index contributed by atoms with van der Waals surface area (Å²) >= 11 is 0. The summed E-state index contributed by atoms with van der Waals surface area (Å²) in [6.07, 6.45) is 3.54. The van der Waals surface area contributed by atoms with E-state index in [1.165, 1.54) is 5.56 Å². The molecule has 2 aliphatic rings. The first-order chi connectivity index (χ1) is 12.3. The fourth-order valence-corrected chi connectivity index (χ4v) is 3.93. The van der Waals surface area contributed by atoms with Crippen LogP contribution in [-0.2, 0) is 9.59 Å². The molecule has 1 spiro atoms. The molecule has 26 heavy (non-hydrogen) atoms. The van der Waals surface area contributed by atoms with Crippen LogP contribution in [0.1, 0.15) is 57.9 Å². The van der Waals surface area contributed by atoms with Gasteiger partial charge in [-0.3, -0.25) is 14.5 Å². The lowest BCUT2D eigenvalue weighted by molar-refractivity contribution is -0.136. The van der Waals surface area contributed by atoms with Crippen LogP contribution in [0.3, 0.4) is 0 Å². The van der Waals surface area contributed by atoms with Gasteiger partial charge in [-0.15, -0.1) is 0 Å². The minimum Gasteiger partial charge on any atom is -0.325 e. The van der Waals surface area contributed by atoms with Crippen molar-refractivity contribution in [1.82, 2.24) is 10.2 Å². The second-order valence-corrected chi connectivity index (χ2v) is 7.76. The van der Waals surface area contributed by atoms with Crippen molar-refractivity contribution in [3.63, 3.8) is 0 Å². The van der Waals surface area contributed by atoms with E-state index >= 15 is 0 Å². The average molecular weight is 357 g/mol. The zero-order chi connectivity index (χ0) is 18.9. The molecule has 1 heterocycles. The molecule has 1 aromatic rings. The van der Waals surface area contributed by atoms with Crippen molar-refractivity contribution in [2.24, 2.45) is 5.92 Å². The van der Waals surface area contributed by atoms with Crippen molar-refractivity contribution in [1.29, 1.82) is 0 Å². The van der Waals surface area contributed by atoms with Crippen LogP contribution in [0.25, 0.3) is 0 Å². The van der Waals surface area contributed by atoms with E-state index in [0.717, 1.165) is 24.2 Å². The van der Waals surface area contributed by atoms with Gasteiger partial charge < -0.3 is 10.6 Å². The molecule has 3 rings (SSSR count). The molecule has 0 aromatic heterocycles. The number of nitrogens with zero attached hydrogens (tertiary/aromatic N) is 1. The molecule has 1 aromatic carbocycles. The van der Waals surface area contributed by atoms with Gasteiger partial charge in [0.2, 0.25) is 5.91 Å². The van der Waals surface area contributed by atoms with Crippen molar-refractivity contribution in [3.05, 3.63) is 29.8 Å². The summed E-state index contributed by atoms with van der Waals surface area (Å²) in [4.78, 5) is 38.6. The third kappa shape index (κ3) is 3.32. The van der Waals surface area contributed by atoms with Crippen LogP contribution in [0.2, 0.25) is 0 Å². The summed E-state index contributed by atoms with van der Waals surface area (Å²) in [6, 6.07) is 7.14. The maximum Gasteiger partial charge on any atom is 0.325 e. The highest BCUT2D eigenvalue weighted by molar-refractivity contribution is 6.10. The minimum atomic E-state index is -0.825. The van der Waals surface area contributed by atoms with E-state index in [9.17, 15) is 14.4 Å². The maximum atomic E-state index is 12.9. The average Bonchev–Trinajstić information content (AvgIpc) is 2.83. The van der Waals surface area contributed by atoms with Crippen LogP contribution in [0.5, 0.6) is 0 Å². The number of carbonyl (C=O) groups is 3. The number of rotatable bonds is 4. The standard InChI is InChI=1S/C20H27N3O3/c1-13(2)15-7-9-16(10-8-15)21-17(24)12-23-18(25)20(22-19(23)26)11-5-4-6-14(20)3/h7-10,13-14H,4-6,11-12H2,1-3H3,(H,21,24)(H,22,26). The van der Waals surface area contributed by atoms with Crippen molar-refractivity contribution in [2.45, 2.75) is 57.9 Å². The Kier molecular flexibility index (Phi) is 5.03. The number of anilines is 1. The maximum absolute atomic E-state index is 12.9. The Morgan fingerprint density at radius 2 is 1.96 bits per heavy atom. The zero-order valence-corrected chi connectivity index (χ0v) is 15.7. The van der Waals surface area contributed by atoms with Gasteiger partial charge in [-0.1, -0.05) is 45.7 Å². The molecular formula is C20H27N3O3. The Morgan fingerprint density at radius 3 is 2.58 bits per heavy atom. The van der Waals surface area contributed by atoms with Crippen LogP contribution in [0.15, 0.2) is 24.3 Å². The molecule has 1 aliphatic carbocycles. The fraction of sp³-hybridized carbons (Fsp3) is 0.550. The number of nitrogens with one attached hydrogen (secondary N) is 2. The quantitative estimate of drug-likeness (QED) is 0.812. The van der Waals surface area contributed by atoms with Crippen molar-refractivity contribution in [3.8, 4) is 0 Å². The lowest BCUT2D eigenvalue weighted by Crippen LogP contribution is -2.54. The zero-order valence-electron chi connectivity index (χ0n) is 15.7. The van der Waals surface area contributed by atoms with Gasteiger partial charge in [0.15, 0.2) is 0 Å². The number of hydrogen-bond donors (Lipinski definition) is 2. The van der Waals surface area contributed by atoms with Gasteiger partial charge in [-0.05, 0) is 42.4 Å². The molecule has 0 radical (unpaired) electrons. The van der Waals surface area contributed by atoms with Gasteiger partial charge in [-0.25, -0.2) is 4.79 Å². The lowest BCUT2D eigenvalue weighted by atomic mass is 9.73. The van der Waals surface area contributed by atoms with E-state index in [4.69, 9.17) is 0 Å². The first-order valence-electron chi connectivity index (χ1n) is 9.37. The lowest BCUT2D eigenvalue weighted by Gasteiger charge is -2.36. The van der Waals surface area contributed by atoms with E-state index < -0.39 is 11.6 Å². The van der Waals surface area contributed by atoms with Gasteiger partial charge in [0.1, 0.15) is 12.1 Å². The van der Waals surface area contributed by atoms with Crippen molar-refractivity contribution < 1.29 is 14.4 Å². The van der Waals surface area contributed by atoms with Crippen LogP contribution in [0.4, 0.5) is 10.5 Å². The van der Waals surface area contributed by atoms with Crippen LogP contribution in [-0.4, -0.2) is 34.8 Å². The Bertz CT molecular complexity index is 714. The van der Waals surface area contributed by atoms with E-state index in [1.54, 1.807) is 0 Å². The molecule has 2 unspecified atom stereocenters. The first kappa shape index (κ1) is 18.4. The van der Waals surface area contributed by atoms with Crippen LogP contribution in [0, 0.1) is 5.92 Å². The smallest absolute Gasteiger partial charge is 0.325 e. The molecule has 2 fully saturated rings. The Labute approximate surface area is 154 Å². The topological polar surface area (TPSA) is 78.5 Å². The largest absolute Gasteiger partial charge is 0.325 e. The summed E-state index contributed by atoms with van der Waals surface area (Å²) in [7, 11) is 0. The van der Waals surface area contributed by atoms with Crippen molar-refractivity contribution >= 4 is 23.5 Å². The molecule has 2 N–H and O–H groups in total. The van der Waals surface area contributed by atoms with Gasteiger partial charge in [0.05, 0.1) is 0 Å². The highest BCUT2D eigenvalue weighted by atomic mass is 16.2. The summed E-state index contributed by atoms with van der Waals surface area (Å²) in [6.45, 7) is 5.95. The normalized spacial score (nSPS) is 25.7. The number of imide groups is 1. The summed E-state index contributed by atoms with van der Waals surface area (Å²) < 4.78 is 0. The second-order valence-electron chi connectivity index (χ2n) is 7.76. The van der Waals surface area contributed by atoms with E-state index in [0.29, 0.717) is 18.0 Å². The monoisotopic (exact) mass is 357 g/mol. The summed E-state index contributed by atoms with van der Waals surface area (Å²) in [5.74, 6) is -0.130. The van der Waals surface area contributed by atoms with Crippen LogP contribution < -0.4 is 10.6 Å². The van der Waals surface area contributed by atoms with Crippen LogP contribution >= 0.6 is 0 Å². The Morgan fingerprint density at radius 1 is 1.27 bits per heavy atom. The molecule has 0 bridgehead atoms. The van der Waals surface area contributed by atoms with Gasteiger partial charge in [0, 0.05) is 5.69 Å². The molecule has 1 saturated carbocycles. The van der Waals surface area contributed by atoms with E-state index in [1.807, 2.05) is 31.2 Å². The molecule has 6 nitrogen and oxygen atoms in total. The van der Waals surface area contributed by atoms with Gasteiger partial charge in [-0.2, -0.15) is 0 Å².